The van der Waals surface area contributed by atoms with Crippen molar-refractivity contribution in [2.24, 2.45) is 4.99 Å². The van der Waals surface area contributed by atoms with Gasteiger partial charge in [0.1, 0.15) is 0 Å². The number of allylic oxidation sites excluding steroid dienone is 2. The molecule has 0 fully saturated rings. The topological polar surface area (TPSA) is 22.2 Å². The molecule has 0 aliphatic rings. The number of benzene rings is 7. The van der Waals surface area contributed by atoms with Crippen molar-refractivity contribution < 1.29 is 0 Å². The lowest BCUT2D eigenvalue weighted by Crippen LogP contribution is -2.03. The van der Waals surface area contributed by atoms with Gasteiger partial charge in [0.25, 0.3) is 0 Å². The average Bonchev–Trinajstić information content (AvgIpc) is 3.73. The molecule has 3 heteroatoms. The monoisotopic (exact) mass is 667 g/mol. The van der Waals surface area contributed by atoms with Gasteiger partial charge < -0.3 is 9.13 Å². The summed E-state index contributed by atoms with van der Waals surface area (Å²) in [6, 6.07) is 62.5. The van der Waals surface area contributed by atoms with Crippen molar-refractivity contribution in [2.75, 3.05) is 0 Å². The van der Waals surface area contributed by atoms with E-state index in [1.165, 1.54) is 32.7 Å². The molecule has 9 aromatic rings. The van der Waals surface area contributed by atoms with Crippen molar-refractivity contribution in [2.45, 2.75) is 13.3 Å². The summed E-state index contributed by atoms with van der Waals surface area (Å²) in [6.45, 7) is 6.81. The summed E-state index contributed by atoms with van der Waals surface area (Å²) in [6.07, 6.45) is 2.95. The molecule has 0 unspecified atom stereocenters. The zero-order valence-corrected chi connectivity index (χ0v) is 29.1. The van der Waals surface area contributed by atoms with E-state index in [4.69, 9.17) is 4.99 Å². The Morgan fingerprint density at radius 3 is 1.31 bits per heavy atom. The minimum atomic E-state index is 0.677. The fourth-order valence-electron chi connectivity index (χ4n) is 7.58. The summed E-state index contributed by atoms with van der Waals surface area (Å²) in [4.78, 5) is 5.34. The molecule has 0 aliphatic heterocycles. The number of rotatable bonds is 8. The van der Waals surface area contributed by atoms with Gasteiger partial charge in [-0.2, -0.15) is 0 Å². The highest BCUT2D eigenvalue weighted by molar-refractivity contribution is 6.11. The molecule has 7 aromatic carbocycles. The van der Waals surface area contributed by atoms with E-state index < -0.39 is 0 Å². The molecule has 0 radical (unpaired) electrons. The first-order valence-electron chi connectivity index (χ1n) is 17.8. The zero-order valence-electron chi connectivity index (χ0n) is 29.1. The molecule has 3 nitrogen and oxygen atoms in total. The molecule has 0 N–H and O–H groups in total. The third kappa shape index (κ3) is 5.53. The molecule has 248 valence electrons. The Bertz CT molecular complexity index is 2590. The van der Waals surface area contributed by atoms with Gasteiger partial charge in [-0.3, -0.25) is 4.99 Å². The Labute approximate surface area is 303 Å². The Kier molecular flexibility index (Phi) is 7.94. The van der Waals surface area contributed by atoms with E-state index in [1.54, 1.807) is 0 Å². The van der Waals surface area contributed by atoms with Crippen molar-refractivity contribution in [1.82, 2.24) is 9.13 Å². The van der Waals surface area contributed by atoms with Gasteiger partial charge in [0.05, 0.1) is 33.5 Å². The van der Waals surface area contributed by atoms with Crippen LogP contribution in [0.25, 0.3) is 66.3 Å². The van der Waals surface area contributed by atoms with Crippen molar-refractivity contribution in [3.8, 4) is 11.4 Å². The number of fused-ring (bicyclic) bond motifs is 6. The number of nitrogens with zero attached hydrogens (tertiary/aromatic N) is 3. The highest BCUT2D eigenvalue weighted by Crippen LogP contribution is 2.37. The summed E-state index contributed by atoms with van der Waals surface area (Å²) in [5.41, 5.74) is 12.9. The summed E-state index contributed by atoms with van der Waals surface area (Å²) in [5, 5.41) is 4.91. The van der Waals surface area contributed by atoms with E-state index in [9.17, 15) is 0 Å². The Morgan fingerprint density at radius 1 is 0.481 bits per heavy atom. The van der Waals surface area contributed by atoms with E-state index >= 15 is 0 Å². The summed E-state index contributed by atoms with van der Waals surface area (Å²) in [5.74, 6) is 0. The normalized spacial score (nSPS) is 12.3. The fourth-order valence-corrected chi connectivity index (χ4v) is 7.58. The molecule has 9 rings (SSSR count). The predicted molar refractivity (Wildman–Crippen MR) is 222 cm³/mol. The fraction of sp³-hybridized carbons (Fsp3) is 0.0408. The van der Waals surface area contributed by atoms with E-state index in [0.717, 1.165) is 50.3 Å². The van der Waals surface area contributed by atoms with Crippen LogP contribution in [0.1, 0.15) is 30.0 Å². The van der Waals surface area contributed by atoms with Crippen LogP contribution in [0, 0.1) is 0 Å². The third-order valence-electron chi connectivity index (χ3n) is 10.1. The maximum absolute atomic E-state index is 5.34. The lowest BCUT2D eigenvalue weighted by molar-refractivity contribution is 1.13. The van der Waals surface area contributed by atoms with Crippen LogP contribution in [0.5, 0.6) is 0 Å². The first kappa shape index (κ1) is 31.3. The maximum Gasteiger partial charge on any atom is 0.0635 e. The molecular weight excluding hydrogens is 631 g/mol. The molecule has 0 atom stereocenters. The Hall–Kier alpha value is -6.71. The SMILES string of the molecule is C=C(N=C(C/C=C(\C)c1ccccc1)c1ccccc1)c1cc(-n2c3ccccc3c3ccccc32)cc(-n2c3ccccc3c3ccccc32)c1. The predicted octanol–water partition coefficient (Wildman–Crippen LogP) is 12.8. The molecule has 0 spiro atoms. The standard InChI is InChI=1S/C49H37N3/c1-34(36-17-5-3-6-18-36)29-30-45(37-19-7-4-8-20-37)50-35(2)38-31-39(51-46-25-13-9-21-41(46)42-22-10-14-26-47(42)51)33-40(32-38)52-48-27-15-11-23-43(48)44-24-12-16-28-49(44)52/h3-29,31-33H,2,30H2,1H3/b34-29+,50-45?. The quantitative estimate of drug-likeness (QED) is 0.144. The van der Waals surface area contributed by atoms with E-state index in [2.05, 4.69) is 199 Å². The number of aromatic nitrogens is 2. The van der Waals surface area contributed by atoms with Gasteiger partial charge in [0, 0.05) is 44.9 Å². The van der Waals surface area contributed by atoms with Crippen LogP contribution in [0.15, 0.2) is 194 Å². The lowest BCUT2D eigenvalue weighted by Gasteiger charge is -2.16. The molecular formula is C49H37N3. The number of para-hydroxylation sites is 4. The van der Waals surface area contributed by atoms with Gasteiger partial charge in [-0.1, -0.05) is 146 Å². The van der Waals surface area contributed by atoms with Gasteiger partial charge in [-0.25, -0.2) is 0 Å². The van der Waals surface area contributed by atoms with Gasteiger partial charge in [-0.05, 0) is 66.1 Å². The molecule has 0 amide bonds. The van der Waals surface area contributed by atoms with Crippen molar-refractivity contribution in [3.63, 3.8) is 0 Å². The van der Waals surface area contributed by atoms with Crippen LogP contribution >= 0.6 is 0 Å². The molecule has 0 saturated heterocycles. The molecule has 0 aliphatic carbocycles. The zero-order chi connectivity index (χ0) is 35.0. The second-order valence-electron chi connectivity index (χ2n) is 13.3. The van der Waals surface area contributed by atoms with E-state index in [0.29, 0.717) is 12.1 Å². The molecule has 2 heterocycles. The summed E-state index contributed by atoms with van der Waals surface area (Å²) >= 11 is 0. The molecule has 52 heavy (non-hydrogen) atoms. The van der Waals surface area contributed by atoms with Crippen LogP contribution in [0.4, 0.5) is 0 Å². The van der Waals surface area contributed by atoms with Crippen LogP contribution in [-0.2, 0) is 0 Å². The summed E-state index contributed by atoms with van der Waals surface area (Å²) < 4.78 is 4.76. The molecule has 2 aromatic heterocycles. The molecule has 0 saturated carbocycles. The van der Waals surface area contributed by atoms with Crippen molar-refractivity contribution in [1.29, 1.82) is 0 Å². The third-order valence-corrected chi connectivity index (χ3v) is 10.1. The van der Waals surface area contributed by atoms with E-state index in [1.807, 2.05) is 6.07 Å². The smallest absolute Gasteiger partial charge is 0.0635 e. The Morgan fingerprint density at radius 2 is 0.865 bits per heavy atom. The van der Waals surface area contributed by atoms with Crippen molar-refractivity contribution in [3.05, 3.63) is 205 Å². The maximum atomic E-state index is 5.34. The number of hydrogen-bond acceptors (Lipinski definition) is 1. The second kappa shape index (κ2) is 13.2. The van der Waals surface area contributed by atoms with Crippen LogP contribution in [0.3, 0.4) is 0 Å². The van der Waals surface area contributed by atoms with Gasteiger partial charge >= 0.3 is 0 Å². The first-order valence-corrected chi connectivity index (χ1v) is 17.8. The van der Waals surface area contributed by atoms with E-state index in [-0.39, 0.29) is 0 Å². The van der Waals surface area contributed by atoms with Crippen LogP contribution in [-0.4, -0.2) is 14.8 Å². The van der Waals surface area contributed by atoms with Gasteiger partial charge in [-0.15, -0.1) is 0 Å². The first-order chi connectivity index (χ1) is 25.6. The highest BCUT2D eigenvalue weighted by atomic mass is 15.0. The second-order valence-corrected chi connectivity index (χ2v) is 13.3. The van der Waals surface area contributed by atoms with Crippen molar-refractivity contribution >= 4 is 60.6 Å². The lowest BCUT2D eigenvalue weighted by atomic mass is 10.0. The highest BCUT2D eigenvalue weighted by Gasteiger charge is 2.17. The minimum Gasteiger partial charge on any atom is -0.309 e. The van der Waals surface area contributed by atoms with Gasteiger partial charge in [0.15, 0.2) is 0 Å². The largest absolute Gasteiger partial charge is 0.309 e. The number of hydrogen-bond donors (Lipinski definition) is 0. The molecule has 0 bridgehead atoms. The van der Waals surface area contributed by atoms with Crippen LogP contribution < -0.4 is 0 Å². The average molecular weight is 668 g/mol. The van der Waals surface area contributed by atoms with Crippen LogP contribution in [0.2, 0.25) is 0 Å². The Balaban J connectivity index is 1.27. The minimum absolute atomic E-state index is 0.677. The summed E-state index contributed by atoms with van der Waals surface area (Å²) in [7, 11) is 0. The van der Waals surface area contributed by atoms with Gasteiger partial charge in [0.2, 0.25) is 0 Å². The number of aliphatic imine (C=N–C) groups is 1.